The zero-order chi connectivity index (χ0) is 19.0. The minimum absolute atomic E-state index is 0.508. The van der Waals surface area contributed by atoms with Crippen LogP contribution in [0.5, 0.6) is 11.5 Å². The maximum atomic E-state index is 6.10. The molecule has 0 fully saturated rings. The van der Waals surface area contributed by atoms with Crippen LogP contribution in [-0.4, -0.2) is 24.4 Å². The molecule has 0 atom stereocenters. The van der Waals surface area contributed by atoms with Crippen molar-refractivity contribution in [3.63, 3.8) is 0 Å². The zero-order valence-electron chi connectivity index (χ0n) is 15.1. The lowest BCUT2D eigenvalue weighted by Crippen LogP contribution is -2.39. The predicted octanol–water partition coefficient (Wildman–Crippen LogP) is 3.51. The normalized spacial score (nSPS) is 11.0. The Balaban J connectivity index is 2.14. The summed E-state index contributed by atoms with van der Waals surface area (Å²) < 4.78 is 13.0. The maximum absolute atomic E-state index is 6.10. The molecule has 7 heteroatoms. The van der Waals surface area contributed by atoms with Gasteiger partial charge in [0.15, 0.2) is 11.5 Å². The number of aryl methyl sites for hydroxylation is 1. The second-order valence-electron chi connectivity index (χ2n) is 6.03. The molecule has 4 aromatic rings. The molecule has 2 heterocycles. The van der Waals surface area contributed by atoms with E-state index in [9.17, 15) is 0 Å². The highest BCUT2D eigenvalue weighted by Gasteiger charge is 2.18. The van der Waals surface area contributed by atoms with E-state index in [1.54, 1.807) is 14.2 Å². The summed E-state index contributed by atoms with van der Waals surface area (Å²) in [4.78, 5) is 4.29. The molecule has 2 aromatic heterocycles. The van der Waals surface area contributed by atoms with E-state index in [-0.39, 0.29) is 0 Å². The topological polar surface area (TPSA) is 62.2 Å². The molecule has 6 nitrogen and oxygen atoms in total. The molecule has 0 aliphatic carbocycles. The van der Waals surface area contributed by atoms with Gasteiger partial charge in [0, 0.05) is 16.1 Å². The SMILES string of the molecule is COc1cc2cc(C)[n+](-c3nnc[n-]3)c(-c3ccc(Cl)cc3)c2cc1OC. The van der Waals surface area contributed by atoms with E-state index in [1.165, 1.54) is 6.33 Å². The number of fused-ring (bicyclic) bond motifs is 1. The molecule has 0 N–H and O–H groups in total. The largest absolute Gasteiger partial charge is 0.493 e. The number of rotatable bonds is 4. The Morgan fingerprint density at radius 3 is 2.33 bits per heavy atom. The number of aromatic nitrogens is 4. The minimum Gasteiger partial charge on any atom is -0.493 e. The van der Waals surface area contributed by atoms with Crippen molar-refractivity contribution in [2.45, 2.75) is 6.92 Å². The average Bonchev–Trinajstić information content (AvgIpc) is 3.21. The van der Waals surface area contributed by atoms with Crippen molar-refractivity contribution in [3.05, 3.63) is 59.5 Å². The minimum atomic E-state index is 0.508. The molecule has 0 aliphatic heterocycles. The molecule has 0 radical (unpaired) electrons. The van der Waals surface area contributed by atoms with Gasteiger partial charge in [-0.1, -0.05) is 23.7 Å². The molecule has 0 amide bonds. The fraction of sp³-hybridized carbons (Fsp3) is 0.150. The molecule has 2 aromatic carbocycles. The first-order chi connectivity index (χ1) is 13.1. The zero-order valence-corrected chi connectivity index (χ0v) is 15.9. The lowest BCUT2D eigenvalue weighted by molar-refractivity contribution is -0.597. The number of methoxy groups -OCH3 is 2. The molecule has 0 unspecified atom stereocenters. The molecule has 4 rings (SSSR count). The third-order valence-electron chi connectivity index (χ3n) is 4.44. The van der Waals surface area contributed by atoms with E-state index in [0.29, 0.717) is 22.5 Å². The number of ether oxygens (including phenoxy) is 2. The Morgan fingerprint density at radius 2 is 1.70 bits per heavy atom. The van der Waals surface area contributed by atoms with Crippen LogP contribution in [0.25, 0.3) is 28.0 Å². The Labute approximate surface area is 161 Å². The number of hydrogen-bond acceptors (Lipinski definition) is 4. The van der Waals surface area contributed by atoms with E-state index in [0.717, 1.165) is 27.7 Å². The maximum Gasteiger partial charge on any atom is 0.255 e. The molecule has 0 saturated carbocycles. The van der Waals surface area contributed by atoms with Crippen molar-refractivity contribution in [2.24, 2.45) is 0 Å². The van der Waals surface area contributed by atoms with Crippen LogP contribution in [0, 0.1) is 6.92 Å². The van der Waals surface area contributed by atoms with Gasteiger partial charge >= 0.3 is 0 Å². The van der Waals surface area contributed by atoms with Gasteiger partial charge in [-0.2, -0.15) is 4.98 Å². The first kappa shape index (κ1) is 17.3. The average molecular weight is 381 g/mol. The molecule has 27 heavy (non-hydrogen) atoms. The Morgan fingerprint density at radius 1 is 1.00 bits per heavy atom. The van der Waals surface area contributed by atoms with Crippen molar-refractivity contribution in [3.8, 4) is 28.7 Å². The number of nitrogens with zero attached hydrogens (tertiary/aromatic N) is 4. The van der Waals surface area contributed by atoms with Crippen LogP contribution >= 0.6 is 11.6 Å². The van der Waals surface area contributed by atoms with Gasteiger partial charge in [0.2, 0.25) is 0 Å². The Hall–Kier alpha value is -3.12. The highest BCUT2D eigenvalue weighted by Crippen LogP contribution is 2.36. The van der Waals surface area contributed by atoms with Crippen LogP contribution in [0.2, 0.25) is 5.02 Å². The molecule has 0 spiro atoms. The van der Waals surface area contributed by atoms with Crippen LogP contribution < -0.4 is 19.0 Å². The van der Waals surface area contributed by atoms with E-state index in [2.05, 4.69) is 21.2 Å². The number of benzene rings is 2. The summed E-state index contributed by atoms with van der Waals surface area (Å²) >= 11 is 6.10. The van der Waals surface area contributed by atoms with Crippen LogP contribution in [0.1, 0.15) is 5.69 Å². The summed E-state index contributed by atoms with van der Waals surface area (Å²) in [5.41, 5.74) is 2.87. The molecule has 0 bridgehead atoms. The smallest absolute Gasteiger partial charge is 0.255 e. The third kappa shape index (κ3) is 2.98. The summed E-state index contributed by atoms with van der Waals surface area (Å²) in [6, 6.07) is 13.7. The number of pyridine rings is 1. The van der Waals surface area contributed by atoms with Crippen LogP contribution in [0.3, 0.4) is 0 Å². The van der Waals surface area contributed by atoms with E-state index in [1.807, 2.05) is 47.9 Å². The monoisotopic (exact) mass is 380 g/mol. The first-order valence-electron chi connectivity index (χ1n) is 8.30. The van der Waals surface area contributed by atoms with Gasteiger partial charge in [-0.25, -0.2) is 0 Å². The molecule has 0 saturated heterocycles. The Kier molecular flexibility index (Phi) is 4.41. The van der Waals surface area contributed by atoms with Crippen molar-refractivity contribution >= 4 is 22.4 Å². The second kappa shape index (κ2) is 6.89. The van der Waals surface area contributed by atoms with Gasteiger partial charge in [-0.3, -0.25) is 4.57 Å². The van der Waals surface area contributed by atoms with Gasteiger partial charge in [0.05, 0.1) is 19.9 Å². The second-order valence-corrected chi connectivity index (χ2v) is 6.47. The first-order valence-corrected chi connectivity index (χ1v) is 8.68. The fourth-order valence-corrected chi connectivity index (χ4v) is 3.36. The summed E-state index contributed by atoms with van der Waals surface area (Å²) in [6.45, 7) is 2.01. The van der Waals surface area contributed by atoms with E-state index in [4.69, 9.17) is 21.1 Å². The van der Waals surface area contributed by atoms with Crippen LogP contribution in [-0.2, 0) is 0 Å². The summed E-state index contributed by atoms with van der Waals surface area (Å²) in [6.07, 6.45) is 1.44. The highest BCUT2D eigenvalue weighted by atomic mass is 35.5. The van der Waals surface area contributed by atoms with Crippen molar-refractivity contribution < 1.29 is 14.0 Å². The lowest BCUT2D eigenvalue weighted by atomic mass is 10.0. The van der Waals surface area contributed by atoms with Gasteiger partial charge in [-0.05, 0) is 48.2 Å². The van der Waals surface area contributed by atoms with Gasteiger partial charge in [-0.15, -0.1) is 10.2 Å². The number of halogens is 1. The molecular weight excluding hydrogens is 364 g/mol. The quantitative estimate of drug-likeness (QED) is 0.507. The van der Waals surface area contributed by atoms with Crippen LogP contribution in [0.15, 0.2) is 48.8 Å². The van der Waals surface area contributed by atoms with Crippen LogP contribution in [0.4, 0.5) is 0 Å². The van der Waals surface area contributed by atoms with Crippen molar-refractivity contribution in [1.82, 2.24) is 15.2 Å². The predicted molar refractivity (Wildman–Crippen MR) is 103 cm³/mol. The van der Waals surface area contributed by atoms with Gasteiger partial charge < -0.3 is 9.47 Å². The standard InChI is InChI=1S/C20H17ClN4O2/c1-12-8-14-9-17(26-2)18(27-3)10-16(14)19(13-4-6-15(21)7-5-13)25(12)20-22-11-23-24-20/h4-11H,1-3H3. The summed E-state index contributed by atoms with van der Waals surface area (Å²) in [5, 5.41) is 10.7. The third-order valence-corrected chi connectivity index (χ3v) is 4.69. The molecule has 0 aliphatic rings. The van der Waals surface area contributed by atoms with Crippen molar-refractivity contribution in [1.29, 1.82) is 0 Å². The van der Waals surface area contributed by atoms with Crippen molar-refractivity contribution in [2.75, 3.05) is 14.2 Å². The summed E-state index contributed by atoms with van der Waals surface area (Å²) in [5.74, 6) is 1.83. The fourth-order valence-electron chi connectivity index (χ4n) is 3.24. The Bertz CT molecular complexity index is 1110. The highest BCUT2D eigenvalue weighted by molar-refractivity contribution is 6.30. The summed E-state index contributed by atoms with van der Waals surface area (Å²) in [7, 11) is 3.25. The molecule has 136 valence electrons. The van der Waals surface area contributed by atoms with Gasteiger partial charge in [0.1, 0.15) is 6.33 Å². The van der Waals surface area contributed by atoms with E-state index >= 15 is 0 Å². The number of hydrogen-bond donors (Lipinski definition) is 0. The van der Waals surface area contributed by atoms with Gasteiger partial charge in [0.25, 0.3) is 5.95 Å². The van der Waals surface area contributed by atoms with E-state index < -0.39 is 0 Å². The lowest BCUT2D eigenvalue weighted by Gasteiger charge is -2.19. The molecular formula is C20H17ClN4O2.